The molecule has 3 aromatic rings. The Labute approximate surface area is 285 Å². The second-order valence-electron chi connectivity index (χ2n) is 15.5. The molecule has 2 fully saturated rings. The van der Waals surface area contributed by atoms with Crippen molar-refractivity contribution in [1.82, 2.24) is 20.1 Å². The first-order chi connectivity index (χ1) is 22.5. The van der Waals surface area contributed by atoms with Gasteiger partial charge in [-0.3, -0.25) is 4.79 Å². The number of H-pyrrole nitrogens is 1. The average Bonchev–Trinajstić information content (AvgIpc) is 3.01. The highest BCUT2D eigenvalue weighted by Crippen LogP contribution is 2.40. The summed E-state index contributed by atoms with van der Waals surface area (Å²) in [5.74, 6) is 1.72. The number of benzene rings is 1. The van der Waals surface area contributed by atoms with Gasteiger partial charge < -0.3 is 34.3 Å². The molecule has 1 amide bonds. The number of nitrogens with zero attached hydrogens (tertiary/aromatic N) is 4. The molecule has 262 valence electrons. The molecule has 12 nitrogen and oxygen atoms in total. The minimum absolute atomic E-state index is 0.189. The maximum absolute atomic E-state index is 13.0. The molecular weight excluding hydrogens is 627 g/mol. The molecule has 3 heterocycles. The molecule has 3 N–H and O–H groups in total. The number of rotatable bonds is 8. The molecule has 2 aromatic heterocycles. The van der Waals surface area contributed by atoms with Crippen LogP contribution in [-0.4, -0.2) is 85.5 Å². The van der Waals surface area contributed by atoms with Gasteiger partial charge in [0, 0.05) is 55.5 Å². The van der Waals surface area contributed by atoms with Gasteiger partial charge in [0.1, 0.15) is 23.0 Å². The van der Waals surface area contributed by atoms with Gasteiger partial charge in [0.25, 0.3) is 5.56 Å². The predicted molar refractivity (Wildman–Crippen MR) is 194 cm³/mol. The number of hydrogen-bond acceptors (Lipinski definition) is 10. The van der Waals surface area contributed by atoms with Crippen LogP contribution in [0.1, 0.15) is 67.2 Å². The Morgan fingerprint density at radius 1 is 1.00 bits per heavy atom. The predicted octanol–water partition coefficient (Wildman–Crippen LogP) is 6.87. The fraction of sp³-hybridized carbons (Fsp3) is 0.600. The molecule has 0 atom stereocenters. The summed E-state index contributed by atoms with van der Waals surface area (Å²) in [5.41, 5.74) is 0.806. The topological polar surface area (TPSA) is 134 Å². The van der Waals surface area contributed by atoms with E-state index < -0.39 is 13.9 Å². The van der Waals surface area contributed by atoms with Crippen LogP contribution in [0.2, 0.25) is 18.1 Å². The summed E-state index contributed by atoms with van der Waals surface area (Å²) in [6, 6.07) is 8.04. The van der Waals surface area contributed by atoms with E-state index in [1.54, 1.807) is 18.2 Å². The Morgan fingerprint density at radius 2 is 1.69 bits per heavy atom. The van der Waals surface area contributed by atoms with Crippen LogP contribution in [0.4, 0.5) is 27.8 Å². The number of amides is 1. The van der Waals surface area contributed by atoms with Crippen molar-refractivity contribution in [2.75, 3.05) is 48.8 Å². The Morgan fingerprint density at radius 3 is 2.31 bits per heavy atom. The van der Waals surface area contributed by atoms with Crippen LogP contribution in [0.15, 0.2) is 35.3 Å². The van der Waals surface area contributed by atoms with Crippen molar-refractivity contribution >= 4 is 48.2 Å². The van der Waals surface area contributed by atoms with Gasteiger partial charge in [-0.2, -0.15) is 5.10 Å². The number of pyridine rings is 1. The van der Waals surface area contributed by atoms with Crippen molar-refractivity contribution < 1.29 is 18.7 Å². The first kappa shape index (κ1) is 35.5. The zero-order valence-corrected chi connectivity index (χ0v) is 31.0. The summed E-state index contributed by atoms with van der Waals surface area (Å²) in [6.45, 7) is 19.6. The van der Waals surface area contributed by atoms with Crippen LogP contribution >= 0.6 is 0 Å². The Bertz CT molecular complexity index is 1650. The molecule has 0 unspecified atom stereocenters. The van der Waals surface area contributed by atoms with Crippen LogP contribution in [0, 0.1) is 0 Å². The van der Waals surface area contributed by atoms with E-state index in [0.29, 0.717) is 60.0 Å². The van der Waals surface area contributed by atoms with E-state index >= 15 is 0 Å². The minimum atomic E-state index is -1.82. The zero-order chi connectivity index (χ0) is 34.9. The van der Waals surface area contributed by atoms with Crippen molar-refractivity contribution in [3.05, 3.63) is 40.8 Å². The number of carbonyl (C=O) groups is 1. The van der Waals surface area contributed by atoms with Crippen LogP contribution < -0.4 is 25.8 Å². The molecule has 2 aliphatic rings. The SMILES string of the molecule is COc1cc(N2CCN(C(=O)OC(C)(C)C)CC2)ccc1Nc1nc(NC2CCC(O[Si](C)(C)C(C)(C)C)CC2)cc2cn[nH]c(=O)c12. The monoisotopic (exact) mass is 679 g/mol. The lowest BCUT2D eigenvalue weighted by Crippen LogP contribution is -2.50. The summed E-state index contributed by atoms with van der Waals surface area (Å²) < 4.78 is 18.0. The lowest BCUT2D eigenvalue weighted by Gasteiger charge is -2.41. The number of fused-ring (bicyclic) bond motifs is 1. The van der Waals surface area contributed by atoms with Gasteiger partial charge in [0.15, 0.2) is 8.32 Å². The molecule has 1 aromatic carbocycles. The first-order valence-electron chi connectivity index (χ1n) is 17.0. The third kappa shape index (κ3) is 8.41. The molecule has 48 heavy (non-hydrogen) atoms. The van der Waals surface area contributed by atoms with Crippen molar-refractivity contribution in [2.45, 2.75) is 103 Å². The number of ether oxygens (including phenoxy) is 2. The van der Waals surface area contributed by atoms with Crippen molar-refractivity contribution in [2.24, 2.45) is 0 Å². The quantitative estimate of drug-likeness (QED) is 0.217. The molecule has 1 aliphatic carbocycles. The normalized spacial score (nSPS) is 19.3. The van der Waals surface area contributed by atoms with E-state index in [2.05, 4.69) is 59.6 Å². The second kappa shape index (κ2) is 13.9. The van der Waals surface area contributed by atoms with E-state index in [0.717, 1.165) is 31.4 Å². The molecule has 1 saturated carbocycles. The van der Waals surface area contributed by atoms with Crippen molar-refractivity contribution in [3.8, 4) is 5.75 Å². The highest BCUT2D eigenvalue weighted by Gasteiger charge is 2.40. The minimum Gasteiger partial charge on any atom is -0.494 e. The van der Waals surface area contributed by atoms with Crippen LogP contribution in [0.25, 0.3) is 10.8 Å². The number of aromatic nitrogens is 3. The van der Waals surface area contributed by atoms with Crippen molar-refractivity contribution in [3.63, 3.8) is 0 Å². The Balaban J connectivity index is 1.29. The van der Waals surface area contributed by atoms with Crippen molar-refractivity contribution in [1.29, 1.82) is 0 Å². The number of anilines is 4. The highest BCUT2D eigenvalue weighted by molar-refractivity contribution is 6.74. The number of carbonyl (C=O) groups excluding carboxylic acids is 1. The fourth-order valence-corrected chi connectivity index (χ4v) is 7.42. The summed E-state index contributed by atoms with van der Waals surface area (Å²) >= 11 is 0. The summed E-state index contributed by atoms with van der Waals surface area (Å²) in [5, 5.41) is 14.9. The zero-order valence-electron chi connectivity index (χ0n) is 30.0. The van der Waals surface area contributed by atoms with E-state index in [1.807, 2.05) is 45.0 Å². The van der Waals surface area contributed by atoms with Gasteiger partial charge in [-0.15, -0.1) is 0 Å². The van der Waals surface area contributed by atoms with Gasteiger partial charge in [0.2, 0.25) is 0 Å². The Kier molecular flexibility index (Phi) is 10.3. The maximum Gasteiger partial charge on any atom is 0.410 e. The van der Waals surface area contributed by atoms with Crippen LogP contribution in [0.3, 0.4) is 0 Å². The van der Waals surface area contributed by atoms with E-state index in [1.165, 1.54) is 0 Å². The van der Waals surface area contributed by atoms with E-state index in [4.69, 9.17) is 18.9 Å². The smallest absolute Gasteiger partial charge is 0.410 e. The molecule has 0 spiro atoms. The molecule has 5 rings (SSSR count). The molecule has 13 heteroatoms. The number of hydrogen-bond donors (Lipinski definition) is 3. The lowest BCUT2D eigenvalue weighted by molar-refractivity contribution is 0.0240. The summed E-state index contributed by atoms with van der Waals surface area (Å²) in [7, 11) is -0.196. The van der Waals surface area contributed by atoms with Gasteiger partial charge in [-0.1, -0.05) is 20.8 Å². The number of nitrogens with one attached hydrogen (secondary N) is 3. The number of piperazine rings is 1. The average molecular weight is 680 g/mol. The van der Waals surface area contributed by atoms with Gasteiger partial charge in [-0.05, 0) is 82.8 Å². The second-order valence-corrected chi connectivity index (χ2v) is 20.2. The fourth-order valence-electron chi connectivity index (χ4n) is 5.99. The van der Waals surface area contributed by atoms with E-state index in [9.17, 15) is 9.59 Å². The summed E-state index contributed by atoms with van der Waals surface area (Å²) in [6.07, 6.45) is 5.62. The molecule has 1 aliphatic heterocycles. The lowest BCUT2D eigenvalue weighted by atomic mass is 9.93. The third-order valence-electron chi connectivity index (χ3n) is 9.68. The highest BCUT2D eigenvalue weighted by atomic mass is 28.4. The molecule has 0 bridgehead atoms. The largest absolute Gasteiger partial charge is 0.494 e. The Hall–Kier alpha value is -3.84. The number of aromatic amines is 1. The first-order valence-corrected chi connectivity index (χ1v) is 19.9. The summed E-state index contributed by atoms with van der Waals surface area (Å²) in [4.78, 5) is 34.4. The van der Waals surface area contributed by atoms with Crippen LogP contribution in [-0.2, 0) is 9.16 Å². The van der Waals surface area contributed by atoms with Gasteiger partial charge in [-0.25, -0.2) is 14.9 Å². The standard InChI is InChI=1S/C35H53N7O5Si/c1-34(2,3)46-33(44)42-18-16-41(17-19-42)25-12-15-27(28(21-25)45-7)38-31-30-23(22-36-40-32(30)43)20-29(39-31)37-24-10-13-26(14-11-24)47-48(8,9)35(4,5)6/h12,15,20-22,24,26H,10-11,13-14,16-19H2,1-9H3,(H,40,43)(H2,37,38,39). The molecular formula is C35H53N7O5Si. The van der Waals surface area contributed by atoms with Gasteiger partial charge in [0.05, 0.1) is 24.4 Å². The van der Waals surface area contributed by atoms with E-state index in [-0.39, 0.29) is 28.8 Å². The number of methoxy groups -OCH3 is 1. The third-order valence-corrected chi connectivity index (χ3v) is 14.2. The molecule has 1 saturated heterocycles. The maximum atomic E-state index is 13.0. The van der Waals surface area contributed by atoms with Gasteiger partial charge >= 0.3 is 6.09 Å². The molecule has 0 radical (unpaired) electrons. The van der Waals surface area contributed by atoms with Crippen LogP contribution in [0.5, 0.6) is 5.75 Å².